The number of thioether (sulfide) groups is 1. The molecule has 3 nitrogen and oxygen atoms in total. The molecular weight excluding hydrogens is 258 g/mol. The van der Waals surface area contributed by atoms with Crippen molar-refractivity contribution in [2.24, 2.45) is 0 Å². The average Bonchev–Trinajstić information content (AvgIpc) is 2.43. The summed E-state index contributed by atoms with van der Waals surface area (Å²) in [7, 11) is 0. The molecule has 0 saturated heterocycles. The Morgan fingerprint density at radius 1 is 1.26 bits per heavy atom. The van der Waals surface area contributed by atoms with Gasteiger partial charge >= 0.3 is 5.97 Å². The molecular formula is C15H23NO2S. The molecule has 0 heterocycles. The Bertz CT molecular complexity index is 382. The normalized spacial score (nSPS) is 10.2. The molecule has 1 N–H and O–H groups in total. The molecule has 4 heteroatoms. The van der Waals surface area contributed by atoms with Crippen molar-refractivity contribution in [2.45, 2.75) is 37.5 Å². The van der Waals surface area contributed by atoms with Crippen LogP contribution in [0.15, 0.2) is 29.2 Å². The summed E-state index contributed by atoms with van der Waals surface area (Å²) in [5, 5.41) is 3.44. The monoisotopic (exact) mass is 281 g/mol. The van der Waals surface area contributed by atoms with E-state index in [0.717, 1.165) is 25.8 Å². The molecule has 0 fully saturated rings. The fraction of sp³-hybridized carbons (Fsp3) is 0.533. The number of ether oxygens (including phenoxy) is 1. The van der Waals surface area contributed by atoms with Crippen molar-refractivity contribution in [3.05, 3.63) is 24.3 Å². The minimum atomic E-state index is -0.0804. The smallest absolute Gasteiger partial charge is 0.305 e. The highest BCUT2D eigenvalue weighted by Crippen LogP contribution is 2.24. The number of nitrogens with one attached hydrogen (secondary N) is 1. The van der Waals surface area contributed by atoms with Gasteiger partial charge in [0.15, 0.2) is 0 Å². The van der Waals surface area contributed by atoms with E-state index in [4.69, 9.17) is 4.74 Å². The maximum Gasteiger partial charge on any atom is 0.305 e. The molecule has 0 bridgehead atoms. The Morgan fingerprint density at radius 3 is 2.79 bits per heavy atom. The first-order valence-corrected chi connectivity index (χ1v) is 8.03. The van der Waals surface area contributed by atoms with Gasteiger partial charge in [0.25, 0.3) is 0 Å². The number of carbonyl (C=O) groups excluding carboxylic acids is 1. The van der Waals surface area contributed by atoms with Gasteiger partial charge in [0, 0.05) is 23.5 Å². The molecule has 1 rings (SSSR count). The zero-order valence-electron chi connectivity index (χ0n) is 11.8. The van der Waals surface area contributed by atoms with E-state index in [1.165, 1.54) is 10.6 Å². The molecule has 0 aromatic heterocycles. The molecule has 0 saturated carbocycles. The van der Waals surface area contributed by atoms with Crippen molar-refractivity contribution in [3.8, 4) is 0 Å². The van der Waals surface area contributed by atoms with Crippen LogP contribution in [0, 0.1) is 0 Å². The number of anilines is 1. The van der Waals surface area contributed by atoms with E-state index in [0.29, 0.717) is 13.0 Å². The molecule has 0 atom stereocenters. The van der Waals surface area contributed by atoms with Crippen molar-refractivity contribution < 1.29 is 9.53 Å². The number of esters is 1. The summed E-state index contributed by atoms with van der Waals surface area (Å²) in [6.45, 7) is 3.26. The van der Waals surface area contributed by atoms with Gasteiger partial charge in [-0.1, -0.05) is 18.6 Å². The highest BCUT2D eigenvalue weighted by Gasteiger charge is 2.01. The van der Waals surface area contributed by atoms with Crippen molar-refractivity contribution in [3.63, 3.8) is 0 Å². The molecule has 0 aliphatic rings. The van der Waals surface area contributed by atoms with E-state index in [2.05, 4.69) is 29.8 Å². The molecule has 0 unspecified atom stereocenters. The largest absolute Gasteiger partial charge is 0.466 e. The van der Waals surface area contributed by atoms with Gasteiger partial charge < -0.3 is 10.1 Å². The van der Waals surface area contributed by atoms with E-state index in [-0.39, 0.29) is 5.97 Å². The van der Waals surface area contributed by atoms with E-state index in [1.54, 1.807) is 11.8 Å². The van der Waals surface area contributed by atoms with Crippen LogP contribution in [-0.2, 0) is 9.53 Å². The van der Waals surface area contributed by atoms with Gasteiger partial charge in [-0.25, -0.2) is 0 Å². The van der Waals surface area contributed by atoms with Crippen molar-refractivity contribution in [1.29, 1.82) is 0 Å². The molecule has 0 spiro atoms. The summed E-state index contributed by atoms with van der Waals surface area (Å²) < 4.78 is 4.89. The number of unbranched alkanes of at least 4 members (excludes halogenated alkanes) is 2. The lowest BCUT2D eigenvalue weighted by Gasteiger charge is -2.10. The van der Waals surface area contributed by atoms with Gasteiger partial charge in [0.2, 0.25) is 0 Å². The zero-order valence-corrected chi connectivity index (χ0v) is 12.6. The molecule has 0 aliphatic carbocycles. The average molecular weight is 281 g/mol. The maximum absolute atomic E-state index is 11.1. The Labute approximate surface area is 120 Å². The lowest BCUT2D eigenvalue weighted by Crippen LogP contribution is -2.05. The predicted molar refractivity (Wildman–Crippen MR) is 81.8 cm³/mol. The number of rotatable bonds is 9. The first kappa shape index (κ1) is 15.9. The number of para-hydroxylation sites is 1. The Balaban J connectivity index is 2.12. The second kappa shape index (κ2) is 9.73. The van der Waals surface area contributed by atoms with Crippen LogP contribution >= 0.6 is 11.8 Å². The van der Waals surface area contributed by atoms with Crippen LogP contribution < -0.4 is 5.32 Å². The predicted octanol–water partition coefficient (Wildman–Crippen LogP) is 3.94. The quantitative estimate of drug-likeness (QED) is 0.422. The summed E-state index contributed by atoms with van der Waals surface area (Å²) in [5.41, 5.74) is 1.19. The lowest BCUT2D eigenvalue weighted by atomic mass is 10.2. The van der Waals surface area contributed by atoms with Gasteiger partial charge in [-0.15, -0.1) is 11.8 Å². The second-order valence-corrected chi connectivity index (χ2v) is 5.09. The van der Waals surface area contributed by atoms with E-state index in [1.807, 2.05) is 13.0 Å². The van der Waals surface area contributed by atoms with E-state index < -0.39 is 0 Å². The fourth-order valence-electron chi connectivity index (χ4n) is 1.82. The lowest BCUT2D eigenvalue weighted by molar-refractivity contribution is -0.143. The van der Waals surface area contributed by atoms with Gasteiger partial charge in [-0.2, -0.15) is 0 Å². The van der Waals surface area contributed by atoms with Gasteiger partial charge in [0.05, 0.1) is 6.61 Å². The maximum atomic E-state index is 11.1. The number of benzene rings is 1. The summed E-state index contributed by atoms with van der Waals surface area (Å²) in [6.07, 6.45) is 5.65. The third-order valence-corrected chi connectivity index (χ3v) is 3.58. The number of hydrogen-bond donors (Lipinski definition) is 1. The fourth-order valence-corrected chi connectivity index (χ4v) is 2.39. The van der Waals surface area contributed by atoms with Crippen LogP contribution in [0.3, 0.4) is 0 Å². The SMILES string of the molecule is CCOC(=O)CCCCCNc1ccccc1SC. The minimum absolute atomic E-state index is 0.0804. The van der Waals surface area contributed by atoms with Crippen molar-refractivity contribution in [2.75, 3.05) is 24.7 Å². The Kier molecular flexibility index (Phi) is 8.14. The molecule has 1 aromatic rings. The standard InChI is InChI=1S/C15H23NO2S/c1-3-18-15(17)11-5-4-8-12-16-13-9-6-7-10-14(13)19-2/h6-7,9-10,16H,3-5,8,11-12H2,1-2H3. The van der Waals surface area contributed by atoms with Crippen LogP contribution in [0.4, 0.5) is 5.69 Å². The third kappa shape index (κ3) is 6.53. The van der Waals surface area contributed by atoms with Crippen LogP contribution in [0.2, 0.25) is 0 Å². The summed E-state index contributed by atoms with van der Waals surface area (Å²) >= 11 is 1.75. The first-order chi connectivity index (χ1) is 9.27. The summed E-state index contributed by atoms with van der Waals surface area (Å²) in [4.78, 5) is 12.4. The second-order valence-electron chi connectivity index (χ2n) is 4.24. The molecule has 0 amide bonds. The summed E-state index contributed by atoms with van der Waals surface area (Å²) in [5.74, 6) is -0.0804. The van der Waals surface area contributed by atoms with E-state index in [9.17, 15) is 4.79 Å². The third-order valence-electron chi connectivity index (χ3n) is 2.79. The highest BCUT2D eigenvalue weighted by molar-refractivity contribution is 7.98. The Hall–Kier alpha value is -1.16. The molecule has 19 heavy (non-hydrogen) atoms. The number of carbonyl (C=O) groups is 1. The van der Waals surface area contributed by atoms with Gasteiger partial charge in [-0.05, 0) is 38.2 Å². The van der Waals surface area contributed by atoms with Crippen LogP contribution in [-0.4, -0.2) is 25.4 Å². The molecule has 0 aliphatic heterocycles. The van der Waals surface area contributed by atoms with E-state index >= 15 is 0 Å². The van der Waals surface area contributed by atoms with Gasteiger partial charge in [0.1, 0.15) is 0 Å². The molecule has 0 radical (unpaired) electrons. The summed E-state index contributed by atoms with van der Waals surface area (Å²) in [6, 6.07) is 8.32. The molecule has 1 aromatic carbocycles. The number of hydrogen-bond acceptors (Lipinski definition) is 4. The topological polar surface area (TPSA) is 38.3 Å². The Morgan fingerprint density at radius 2 is 2.05 bits per heavy atom. The van der Waals surface area contributed by atoms with Gasteiger partial charge in [-0.3, -0.25) is 4.79 Å². The van der Waals surface area contributed by atoms with Crippen molar-refractivity contribution in [1.82, 2.24) is 0 Å². The zero-order chi connectivity index (χ0) is 13.9. The van der Waals surface area contributed by atoms with Crippen molar-refractivity contribution >= 4 is 23.4 Å². The van der Waals surface area contributed by atoms with Crippen LogP contribution in [0.1, 0.15) is 32.6 Å². The van der Waals surface area contributed by atoms with Crippen LogP contribution in [0.25, 0.3) is 0 Å². The van der Waals surface area contributed by atoms with Crippen LogP contribution in [0.5, 0.6) is 0 Å². The first-order valence-electron chi connectivity index (χ1n) is 6.80. The minimum Gasteiger partial charge on any atom is -0.466 e. The highest BCUT2D eigenvalue weighted by atomic mass is 32.2. The molecule has 106 valence electrons.